The molecule has 1 aliphatic heterocycles. The molecule has 1 aliphatic rings. The molecule has 2 rings (SSSR count). The van der Waals surface area contributed by atoms with Crippen LogP contribution in [0.15, 0.2) is 18.2 Å². The molecule has 1 fully saturated rings. The van der Waals surface area contributed by atoms with E-state index in [1.54, 1.807) is 12.1 Å². The number of carbonyl (C=O) groups is 1. The van der Waals surface area contributed by atoms with Crippen molar-refractivity contribution in [2.45, 2.75) is 13.0 Å². The maximum atomic E-state index is 11.2. The van der Waals surface area contributed by atoms with Crippen LogP contribution in [-0.4, -0.2) is 49.9 Å². The summed E-state index contributed by atoms with van der Waals surface area (Å²) in [4.78, 5) is 13.4. The Morgan fingerprint density at radius 1 is 1.55 bits per heavy atom. The average molecular weight is 279 g/mol. The highest BCUT2D eigenvalue weighted by Crippen LogP contribution is 2.21. The Hall–Kier alpha value is -1.59. The number of hydrogen-bond donors (Lipinski definition) is 1. The minimum Gasteiger partial charge on any atom is -0.496 e. The van der Waals surface area contributed by atoms with Gasteiger partial charge in [-0.2, -0.15) is 0 Å². The molecule has 1 heterocycles. The Kier molecular flexibility index (Phi) is 4.98. The number of ether oxygens (including phenoxy) is 2. The average Bonchev–Trinajstić information content (AvgIpc) is 2.91. The van der Waals surface area contributed by atoms with E-state index in [-0.39, 0.29) is 5.56 Å². The molecule has 1 N–H and O–H groups in total. The summed E-state index contributed by atoms with van der Waals surface area (Å²) >= 11 is 0. The molecule has 0 radical (unpaired) electrons. The molecular weight excluding hydrogens is 258 g/mol. The summed E-state index contributed by atoms with van der Waals surface area (Å²) in [6.07, 6.45) is 1.10. The number of methoxy groups -OCH3 is 1. The van der Waals surface area contributed by atoms with E-state index in [0.717, 1.165) is 38.3 Å². The number of carboxylic acid groups (broad SMARTS) is 1. The van der Waals surface area contributed by atoms with Crippen molar-refractivity contribution < 1.29 is 19.4 Å². The van der Waals surface area contributed by atoms with Crippen LogP contribution in [0.2, 0.25) is 0 Å². The van der Waals surface area contributed by atoms with Crippen molar-refractivity contribution >= 4 is 5.97 Å². The highest BCUT2D eigenvalue weighted by molar-refractivity contribution is 5.91. The van der Waals surface area contributed by atoms with Gasteiger partial charge >= 0.3 is 5.97 Å². The highest BCUT2D eigenvalue weighted by Gasteiger charge is 2.18. The molecule has 5 heteroatoms. The lowest BCUT2D eigenvalue weighted by atomic mass is 10.1. The van der Waals surface area contributed by atoms with E-state index >= 15 is 0 Å². The van der Waals surface area contributed by atoms with Crippen LogP contribution in [0, 0.1) is 5.92 Å². The van der Waals surface area contributed by atoms with Crippen LogP contribution in [0.5, 0.6) is 5.75 Å². The molecule has 110 valence electrons. The first-order chi connectivity index (χ1) is 9.60. The number of benzene rings is 1. The van der Waals surface area contributed by atoms with E-state index in [0.29, 0.717) is 11.7 Å². The van der Waals surface area contributed by atoms with Crippen molar-refractivity contribution in [3.05, 3.63) is 29.3 Å². The zero-order chi connectivity index (χ0) is 14.5. The normalized spacial score (nSPS) is 18.4. The fraction of sp³-hybridized carbons (Fsp3) is 0.533. The molecule has 0 aliphatic carbocycles. The topological polar surface area (TPSA) is 59.0 Å². The van der Waals surface area contributed by atoms with Crippen molar-refractivity contribution in [1.82, 2.24) is 4.90 Å². The highest BCUT2D eigenvalue weighted by atomic mass is 16.5. The maximum Gasteiger partial charge on any atom is 0.339 e. The summed E-state index contributed by atoms with van der Waals surface area (Å²) in [5.74, 6) is 0.0147. The van der Waals surface area contributed by atoms with Gasteiger partial charge in [0.1, 0.15) is 11.3 Å². The fourth-order valence-corrected chi connectivity index (χ4v) is 2.56. The van der Waals surface area contributed by atoms with Gasteiger partial charge in [-0.1, -0.05) is 6.07 Å². The second kappa shape index (κ2) is 6.72. The van der Waals surface area contributed by atoms with E-state index in [9.17, 15) is 9.90 Å². The molecule has 0 bridgehead atoms. The molecule has 1 aromatic rings. The summed E-state index contributed by atoms with van der Waals surface area (Å²) < 4.78 is 10.4. The van der Waals surface area contributed by atoms with Crippen molar-refractivity contribution in [1.29, 1.82) is 0 Å². The van der Waals surface area contributed by atoms with Gasteiger partial charge in [0.05, 0.1) is 13.7 Å². The standard InChI is InChI=1S/C15H21NO4/c1-16(9-12-5-6-20-10-12)8-11-3-4-14(19-2)13(7-11)15(17)18/h3-4,7,12H,5-6,8-10H2,1-2H3,(H,17,18)/t12-/m1/s1. The van der Waals surface area contributed by atoms with Crippen molar-refractivity contribution in [3.8, 4) is 5.75 Å². The third-order valence-corrected chi connectivity index (χ3v) is 3.54. The van der Waals surface area contributed by atoms with Gasteiger partial charge in [-0.15, -0.1) is 0 Å². The van der Waals surface area contributed by atoms with Crippen LogP contribution in [0.3, 0.4) is 0 Å². The van der Waals surface area contributed by atoms with E-state index in [2.05, 4.69) is 4.90 Å². The van der Waals surface area contributed by atoms with E-state index < -0.39 is 5.97 Å². The Bertz CT molecular complexity index is 469. The summed E-state index contributed by atoms with van der Waals surface area (Å²) in [7, 11) is 3.52. The smallest absolute Gasteiger partial charge is 0.339 e. The Balaban J connectivity index is 2.01. The number of carboxylic acids is 1. The lowest BCUT2D eigenvalue weighted by Gasteiger charge is -2.20. The predicted octanol–water partition coefficient (Wildman–Crippen LogP) is 1.86. The molecule has 0 aromatic heterocycles. The third kappa shape index (κ3) is 3.71. The monoisotopic (exact) mass is 279 g/mol. The second-order valence-electron chi connectivity index (χ2n) is 5.27. The summed E-state index contributed by atoms with van der Waals surface area (Å²) in [6.45, 7) is 3.37. The molecule has 0 unspecified atom stereocenters. The molecule has 0 spiro atoms. The first-order valence-electron chi connectivity index (χ1n) is 6.76. The quantitative estimate of drug-likeness (QED) is 0.861. The number of aromatic carboxylic acids is 1. The SMILES string of the molecule is COc1ccc(CN(C)C[C@H]2CCOC2)cc1C(=O)O. The zero-order valence-corrected chi connectivity index (χ0v) is 12.0. The molecule has 20 heavy (non-hydrogen) atoms. The number of rotatable bonds is 6. The van der Waals surface area contributed by atoms with Crippen LogP contribution in [0.25, 0.3) is 0 Å². The van der Waals surface area contributed by atoms with E-state index in [4.69, 9.17) is 9.47 Å². The van der Waals surface area contributed by atoms with Gasteiger partial charge in [-0.3, -0.25) is 0 Å². The zero-order valence-electron chi connectivity index (χ0n) is 12.0. The molecule has 0 amide bonds. The molecular formula is C15H21NO4. The summed E-state index contributed by atoms with van der Waals surface area (Å²) in [5.41, 5.74) is 1.19. The minimum atomic E-state index is -0.962. The van der Waals surface area contributed by atoms with Crippen LogP contribution >= 0.6 is 0 Å². The van der Waals surface area contributed by atoms with Crippen molar-refractivity contribution in [3.63, 3.8) is 0 Å². The van der Waals surface area contributed by atoms with Gasteiger partial charge in [0, 0.05) is 19.7 Å². The molecule has 0 saturated carbocycles. The number of hydrogen-bond acceptors (Lipinski definition) is 4. The Morgan fingerprint density at radius 3 is 2.95 bits per heavy atom. The predicted molar refractivity (Wildman–Crippen MR) is 75.2 cm³/mol. The van der Waals surface area contributed by atoms with Crippen LogP contribution in [0.4, 0.5) is 0 Å². The third-order valence-electron chi connectivity index (χ3n) is 3.54. The fourth-order valence-electron chi connectivity index (χ4n) is 2.56. The second-order valence-corrected chi connectivity index (χ2v) is 5.27. The number of nitrogens with zero attached hydrogens (tertiary/aromatic N) is 1. The van der Waals surface area contributed by atoms with Crippen LogP contribution in [-0.2, 0) is 11.3 Å². The van der Waals surface area contributed by atoms with E-state index in [1.165, 1.54) is 7.11 Å². The largest absolute Gasteiger partial charge is 0.496 e. The van der Waals surface area contributed by atoms with Gasteiger partial charge in [0.2, 0.25) is 0 Å². The van der Waals surface area contributed by atoms with Crippen molar-refractivity contribution in [2.75, 3.05) is 33.9 Å². The molecule has 1 saturated heterocycles. The van der Waals surface area contributed by atoms with Crippen LogP contribution in [0.1, 0.15) is 22.3 Å². The lowest BCUT2D eigenvalue weighted by molar-refractivity contribution is 0.0693. The van der Waals surface area contributed by atoms with Crippen molar-refractivity contribution in [2.24, 2.45) is 5.92 Å². The summed E-state index contributed by atoms with van der Waals surface area (Å²) in [5, 5.41) is 9.18. The molecule has 1 atom stereocenters. The summed E-state index contributed by atoms with van der Waals surface area (Å²) in [6, 6.07) is 5.31. The maximum absolute atomic E-state index is 11.2. The Labute approximate surface area is 119 Å². The lowest BCUT2D eigenvalue weighted by Crippen LogP contribution is -2.25. The van der Waals surface area contributed by atoms with Crippen LogP contribution < -0.4 is 4.74 Å². The molecule has 1 aromatic carbocycles. The van der Waals surface area contributed by atoms with Gasteiger partial charge < -0.3 is 19.5 Å². The van der Waals surface area contributed by atoms with Gasteiger partial charge in [0.25, 0.3) is 0 Å². The van der Waals surface area contributed by atoms with E-state index in [1.807, 2.05) is 13.1 Å². The Morgan fingerprint density at radius 2 is 2.35 bits per heavy atom. The minimum absolute atomic E-state index is 0.211. The molecule has 5 nitrogen and oxygen atoms in total. The van der Waals surface area contributed by atoms with Gasteiger partial charge in [0.15, 0.2) is 0 Å². The van der Waals surface area contributed by atoms with Gasteiger partial charge in [-0.25, -0.2) is 4.79 Å². The first kappa shape index (κ1) is 14.8. The first-order valence-corrected chi connectivity index (χ1v) is 6.76. The van der Waals surface area contributed by atoms with Gasteiger partial charge in [-0.05, 0) is 37.1 Å².